The zero-order valence-electron chi connectivity index (χ0n) is 8.03. The number of nitrogens with zero attached hydrogens (tertiary/aromatic N) is 1. The molecule has 0 saturated carbocycles. The number of pyridine rings is 1. The van der Waals surface area contributed by atoms with Crippen LogP contribution in [-0.2, 0) is 0 Å². The fraction of sp³-hybridized carbons (Fsp3) is 0.0909. The van der Waals surface area contributed by atoms with Crippen molar-refractivity contribution in [2.75, 3.05) is 0 Å². The lowest BCUT2D eigenvalue weighted by Gasteiger charge is -1.99. The van der Waals surface area contributed by atoms with Crippen LogP contribution in [0.4, 0.5) is 0 Å². The van der Waals surface area contributed by atoms with Crippen molar-refractivity contribution >= 4 is 28.7 Å². The Morgan fingerprint density at radius 3 is 2.87 bits per heavy atom. The molecule has 0 amide bonds. The van der Waals surface area contributed by atoms with E-state index in [1.807, 2.05) is 13.0 Å². The van der Waals surface area contributed by atoms with E-state index >= 15 is 0 Å². The van der Waals surface area contributed by atoms with Gasteiger partial charge in [-0.2, -0.15) is 0 Å². The van der Waals surface area contributed by atoms with E-state index in [4.69, 9.17) is 11.6 Å². The third-order valence-corrected chi connectivity index (χ3v) is 3.30. The molecule has 0 saturated heterocycles. The third-order valence-electron chi connectivity index (χ3n) is 1.96. The van der Waals surface area contributed by atoms with Gasteiger partial charge in [0.1, 0.15) is 0 Å². The van der Waals surface area contributed by atoms with E-state index in [0.29, 0.717) is 15.5 Å². The lowest BCUT2D eigenvalue weighted by molar-refractivity contribution is 0.104. The van der Waals surface area contributed by atoms with Gasteiger partial charge in [-0.3, -0.25) is 9.78 Å². The maximum atomic E-state index is 12.0. The van der Waals surface area contributed by atoms with Crippen LogP contribution in [0.15, 0.2) is 29.9 Å². The number of thiophene rings is 1. The molecule has 4 heteroatoms. The Hall–Kier alpha value is -1.19. The molecule has 0 unspecified atom stereocenters. The number of halogens is 1. The maximum absolute atomic E-state index is 12.0. The van der Waals surface area contributed by atoms with Crippen molar-refractivity contribution in [1.82, 2.24) is 4.98 Å². The first kappa shape index (κ1) is 10.3. The second-order valence-corrected chi connectivity index (χ2v) is 4.50. The van der Waals surface area contributed by atoms with Crippen molar-refractivity contribution in [3.05, 3.63) is 50.9 Å². The lowest BCUT2D eigenvalue weighted by Crippen LogP contribution is -2.00. The van der Waals surface area contributed by atoms with Gasteiger partial charge in [-0.1, -0.05) is 11.6 Å². The summed E-state index contributed by atoms with van der Waals surface area (Å²) in [6.07, 6.45) is 3.28. The molecule has 0 aliphatic heterocycles. The van der Waals surface area contributed by atoms with Gasteiger partial charge >= 0.3 is 0 Å². The molecule has 15 heavy (non-hydrogen) atoms. The second-order valence-electron chi connectivity index (χ2n) is 3.18. The molecule has 0 fully saturated rings. The normalized spacial score (nSPS) is 10.3. The molecular weight excluding hydrogens is 230 g/mol. The van der Waals surface area contributed by atoms with E-state index in [9.17, 15) is 4.79 Å². The van der Waals surface area contributed by atoms with Gasteiger partial charge in [0.15, 0.2) is 0 Å². The highest BCUT2D eigenvalue weighted by Gasteiger charge is 2.14. The highest BCUT2D eigenvalue weighted by atomic mass is 35.5. The second kappa shape index (κ2) is 4.13. The lowest BCUT2D eigenvalue weighted by atomic mass is 10.1. The highest BCUT2D eigenvalue weighted by Crippen LogP contribution is 2.24. The highest BCUT2D eigenvalue weighted by molar-refractivity contribution is 7.13. The Balaban J connectivity index is 2.41. The molecule has 0 aliphatic carbocycles. The summed E-state index contributed by atoms with van der Waals surface area (Å²) >= 11 is 7.24. The van der Waals surface area contributed by atoms with Crippen LogP contribution >= 0.6 is 22.9 Å². The van der Waals surface area contributed by atoms with Gasteiger partial charge in [0, 0.05) is 18.0 Å². The Kier molecular flexibility index (Phi) is 2.84. The predicted molar refractivity (Wildman–Crippen MR) is 61.7 cm³/mol. The summed E-state index contributed by atoms with van der Waals surface area (Å²) in [6, 6.07) is 3.54. The Morgan fingerprint density at radius 2 is 2.27 bits per heavy atom. The van der Waals surface area contributed by atoms with E-state index in [2.05, 4.69) is 4.98 Å². The average Bonchev–Trinajstić information content (AvgIpc) is 2.63. The summed E-state index contributed by atoms with van der Waals surface area (Å²) in [7, 11) is 0. The van der Waals surface area contributed by atoms with E-state index in [1.54, 1.807) is 23.8 Å². The number of hydrogen-bond acceptors (Lipinski definition) is 3. The van der Waals surface area contributed by atoms with Crippen LogP contribution in [0, 0.1) is 6.92 Å². The van der Waals surface area contributed by atoms with Crippen molar-refractivity contribution < 1.29 is 4.79 Å². The van der Waals surface area contributed by atoms with Crippen LogP contribution in [0.5, 0.6) is 0 Å². The van der Waals surface area contributed by atoms with Gasteiger partial charge in [0.25, 0.3) is 0 Å². The molecule has 2 heterocycles. The minimum absolute atomic E-state index is 0.0637. The van der Waals surface area contributed by atoms with Crippen LogP contribution in [-0.4, -0.2) is 10.8 Å². The van der Waals surface area contributed by atoms with Crippen molar-refractivity contribution in [2.45, 2.75) is 6.92 Å². The van der Waals surface area contributed by atoms with E-state index in [1.165, 1.54) is 11.3 Å². The van der Waals surface area contributed by atoms with E-state index in [0.717, 1.165) is 5.56 Å². The number of aromatic nitrogens is 1. The van der Waals surface area contributed by atoms with Gasteiger partial charge in [-0.25, -0.2) is 0 Å². The average molecular weight is 238 g/mol. The number of ketones is 1. The van der Waals surface area contributed by atoms with Crippen molar-refractivity contribution in [1.29, 1.82) is 0 Å². The molecular formula is C11H8ClNOS. The first-order chi connectivity index (χ1) is 7.18. The molecule has 0 atom stereocenters. The largest absolute Gasteiger partial charge is 0.288 e. The number of carbonyl (C=O) groups is 1. The molecule has 0 bridgehead atoms. The number of hydrogen-bond donors (Lipinski definition) is 0. The minimum Gasteiger partial charge on any atom is -0.288 e. The van der Waals surface area contributed by atoms with Gasteiger partial charge in [0.05, 0.1) is 9.90 Å². The third kappa shape index (κ3) is 2.08. The predicted octanol–water partition coefficient (Wildman–Crippen LogP) is 3.34. The maximum Gasteiger partial charge on any atom is 0.206 e. The first-order valence-corrected chi connectivity index (χ1v) is 5.63. The van der Waals surface area contributed by atoms with E-state index < -0.39 is 0 Å². The molecule has 0 spiro atoms. The number of aryl methyl sites for hydroxylation is 1. The Bertz CT molecular complexity index is 507. The minimum atomic E-state index is -0.0637. The summed E-state index contributed by atoms with van der Waals surface area (Å²) in [5.74, 6) is -0.0637. The fourth-order valence-electron chi connectivity index (χ4n) is 1.27. The monoisotopic (exact) mass is 237 g/mol. The SMILES string of the molecule is Cc1cncc(C(=O)c2sccc2Cl)c1. The van der Waals surface area contributed by atoms with Gasteiger partial charge in [0.2, 0.25) is 5.78 Å². The Labute approximate surface area is 96.5 Å². The summed E-state index contributed by atoms with van der Waals surface area (Å²) in [5.41, 5.74) is 1.55. The summed E-state index contributed by atoms with van der Waals surface area (Å²) in [5, 5.41) is 2.31. The number of carbonyl (C=O) groups excluding carboxylic acids is 1. The molecule has 2 rings (SSSR count). The van der Waals surface area contributed by atoms with Crippen LogP contribution in [0.3, 0.4) is 0 Å². The van der Waals surface area contributed by atoms with Crippen molar-refractivity contribution in [3.8, 4) is 0 Å². The van der Waals surface area contributed by atoms with Crippen LogP contribution in [0.2, 0.25) is 5.02 Å². The summed E-state index contributed by atoms with van der Waals surface area (Å²) in [6.45, 7) is 1.90. The Morgan fingerprint density at radius 1 is 1.47 bits per heavy atom. The van der Waals surface area contributed by atoms with Gasteiger partial charge < -0.3 is 0 Å². The molecule has 0 radical (unpaired) electrons. The molecule has 0 aromatic carbocycles. The van der Waals surface area contributed by atoms with Crippen LogP contribution in [0.1, 0.15) is 20.8 Å². The van der Waals surface area contributed by atoms with Crippen LogP contribution < -0.4 is 0 Å². The van der Waals surface area contributed by atoms with Crippen LogP contribution in [0.25, 0.3) is 0 Å². The van der Waals surface area contributed by atoms with Crippen molar-refractivity contribution in [3.63, 3.8) is 0 Å². The molecule has 2 nitrogen and oxygen atoms in total. The fourth-order valence-corrected chi connectivity index (χ4v) is 2.37. The van der Waals surface area contributed by atoms with Gasteiger partial charge in [-0.05, 0) is 30.0 Å². The summed E-state index contributed by atoms with van der Waals surface area (Å²) < 4.78 is 0. The standard InChI is InChI=1S/C11H8ClNOS/c1-7-4-8(6-13-5-7)10(14)11-9(12)2-3-15-11/h2-6H,1H3. The van der Waals surface area contributed by atoms with Gasteiger partial charge in [-0.15, -0.1) is 11.3 Å². The topological polar surface area (TPSA) is 30.0 Å². The summed E-state index contributed by atoms with van der Waals surface area (Å²) in [4.78, 5) is 16.5. The van der Waals surface area contributed by atoms with E-state index in [-0.39, 0.29) is 5.78 Å². The number of rotatable bonds is 2. The zero-order valence-corrected chi connectivity index (χ0v) is 9.60. The molecule has 2 aromatic heterocycles. The van der Waals surface area contributed by atoms with Crippen molar-refractivity contribution in [2.24, 2.45) is 0 Å². The smallest absolute Gasteiger partial charge is 0.206 e. The molecule has 0 aliphatic rings. The molecule has 2 aromatic rings. The molecule has 76 valence electrons. The quantitative estimate of drug-likeness (QED) is 0.750. The first-order valence-electron chi connectivity index (χ1n) is 4.38. The molecule has 0 N–H and O–H groups in total. The zero-order chi connectivity index (χ0) is 10.8.